The molecule has 0 spiro atoms. The Morgan fingerprint density at radius 1 is 1.33 bits per heavy atom. The quantitative estimate of drug-likeness (QED) is 0.578. The van der Waals surface area contributed by atoms with Gasteiger partial charge in [0, 0.05) is 18.0 Å². The lowest BCUT2D eigenvalue weighted by atomic mass is 10.2. The van der Waals surface area contributed by atoms with E-state index in [4.69, 9.17) is 0 Å². The van der Waals surface area contributed by atoms with E-state index in [0.29, 0.717) is 4.96 Å². The molecular formula is C12H17N3OS2. The van der Waals surface area contributed by atoms with Crippen LogP contribution in [0.5, 0.6) is 0 Å². The molecule has 2 aromatic heterocycles. The SMILES string of the molecule is CCCCCCCSc1nn2c(=O)ccnc2s1. The molecule has 0 aliphatic carbocycles. The smallest absolute Gasteiger partial charge is 0.267 e. The zero-order chi connectivity index (χ0) is 12.8. The van der Waals surface area contributed by atoms with Gasteiger partial charge >= 0.3 is 0 Å². The zero-order valence-electron chi connectivity index (χ0n) is 10.5. The maximum Gasteiger partial charge on any atom is 0.275 e. The number of rotatable bonds is 7. The predicted molar refractivity (Wildman–Crippen MR) is 76.6 cm³/mol. The summed E-state index contributed by atoms with van der Waals surface area (Å²) in [6.07, 6.45) is 7.95. The zero-order valence-corrected chi connectivity index (χ0v) is 12.1. The second-order valence-electron chi connectivity index (χ2n) is 4.11. The van der Waals surface area contributed by atoms with Crippen LogP contribution in [0, 0.1) is 0 Å². The van der Waals surface area contributed by atoms with Gasteiger partial charge in [0.1, 0.15) is 0 Å². The Morgan fingerprint density at radius 2 is 2.17 bits per heavy atom. The van der Waals surface area contributed by atoms with Crippen molar-refractivity contribution < 1.29 is 0 Å². The summed E-state index contributed by atoms with van der Waals surface area (Å²) in [7, 11) is 0. The third-order valence-electron chi connectivity index (χ3n) is 2.63. The van der Waals surface area contributed by atoms with Gasteiger partial charge in [-0.05, 0) is 6.42 Å². The Balaban J connectivity index is 1.85. The molecule has 4 nitrogen and oxygen atoms in total. The molecule has 6 heteroatoms. The molecule has 0 fully saturated rings. The van der Waals surface area contributed by atoms with E-state index >= 15 is 0 Å². The molecule has 0 saturated heterocycles. The molecule has 0 atom stereocenters. The summed E-state index contributed by atoms with van der Waals surface area (Å²) < 4.78 is 2.31. The molecule has 0 bridgehead atoms. The second kappa shape index (κ2) is 6.89. The third-order valence-corrected chi connectivity index (χ3v) is 4.77. The fourth-order valence-corrected chi connectivity index (χ4v) is 3.63. The molecule has 0 radical (unpaired) electrons. The number of aromatic nitrogens is 3. The molecule has 0 unspecified atom stereocenters. The first kappa shape index (κ1) is 13.5. The van der Waals surface area contributed by atoms with Crippen molar-refractivity contribution in [3.05, 3.63) is 22.6 Å². The van der Waals surface area contributed by atoms with Crippen molar-refractivity contribution in [3.63, 3.8) is 0 Å². The summed E-state index contributed by atoms with van der Waals surface area (Å²) >= 11 is 3.20. The van der Waals surface area contributed by atoms with E-state index < -0.39 is 0 Å². The highest BCUT2D eigenvalue weighted by molar-refractivity contribution is 8.01. The third kappa shape index (κ3) is 3.55. The van der Waals surface area contributed by atoms with Crippen molar-refractivity contribution in [1.82, 2.24) is 14.6 Å². The van der Waals surface area contributed by atoms with Gasteiger partial charge < -0.3 is 0 Å². The highest BCUT2D eigenvalue weighted by Gasteiger charge is 2.05. The highest BCUT2D eigenvalue weighted by atomic mass is 32.2. The van der Waals surface area contributed by atoms with Crippen LogP contribution in [0.25, 0.3) is 4.96 Å². The standard InChI is InChI=1S/C12H17N3OS2/c1-2-3-4-5-6-9-17-12-14-15-10(16)7-8-13-11(15)18-12/h7-8H,2-6,9H2,1H3. The molecule has 2 rings (SSSR count). The molecule has 18 heavy (non-hydrogen) atoms. The van der Waals surface area contributed by atoms with Crippen molar-refractivity contribution in [1.29, 1.82) is 0 Å². The van der Waals surface area contributed by atoms with Gasteiger partial charge in [0.25, 0.3) is 5.56 Å². The first-order valence-electron chi connectivity index (χ1n) is 6.29. The van der Waals surface area contributed by atoms with Gasteiger partial charge in [-0.15, -0.1) is 5.10 Å². The Bertz CT molecular complexity index is 549. The first-order chi connectivity index (χ1) is 8.81. The lowest BCUT2D eigenvalue weighted by molar-refractivity contribution is 0.659. The van der Waals surface area contributed by atoms with E-state index in [1.807, 2.05) is 0 Å². The topological polar surface area (TPSA) is 47.3 Å². The molecule has 0 amide bonds. The number of fused-ring (bicyclic) bond motifs is 1. The second-order valence-corrected chi connectivity index (χ2v) is 6.41. The van der Waals surface area contributed by atoms with Crippen LogP contribution in [0.15, 0.2) is 21.4 Å². The molecule has 0 aliphatic rings. The number of hydrogen-bond acceptors (Lipinski definition) is 5. The van der Waals surface area contributed by atoms with Gasteiger partial charge in [0.15, 0.2) is 4.34 Å². The van der Waals surface area contributed by atoms with Crippen LogP contribution in [0.1, 0.15) is 39.0 Å². The van der Waals surface area contributed by atoms with Crippen LogP contribution < -0.4 is 5.56 Å². The number of unbranched alkanes of at least 4 members (excludes halogenated alkanes) is 4. The van der Waals surface area contributed by atoms with E-state index in [9.17, 15) is 4.79 Å². The van der Waals surface area contributed by atoms with Crippen LogP contribution in [0.4, 0.5) is 0 Å². The van der Waals surface area contributed by atoms with Gasteiger partial charge in [-0.3, -0.25) is 4.79 Å². The summed E-state index contributed by atoms with van der Waals surface area (Å²) in [6, 6.07) is 1.44. The first-order valence-corrected chi connectivity index (χ1v) is 8.09. The normalized spacial score (nSPS) is 11.2. The molecule has 0 saturated carbocycles. The van der Waals surface area contributed by atoms with Crippen LogP contribution in [0.2, 0.25) is 0 Å². The van der Waals surface area contributed by atoms with E-state index in [2.05, 4.69) is 17.0 Å². The van der Waals surface area contributed by atoms with Gasteiger partial charge in [0.05, 0.1) is 0 Å². The van der Waals surface area contributed by atoms with Gasteiger partial charge in [0.2, 0.25) is 4.96 Å². The fraction of sp³-hybridized carbons (Fsp3) is 0.583. The van der Waals surface area contributed by atoms with Crippen molar-refractivity contribution in [2.45, 2.75) is 43.4 Å². The van der Waals surface area contributed by atoms with Gasteiger partial charge in [-0.1, -0.05) is 55.7 Å². The molecule has 98 valence electrons. The molecule has 0 aromatic carbocycles. The van der Waals surface area contributed by atoms with Crippen LogP contribution in [-0.2, 0) is 0 Å². The summed E-state index contributed by atoms with van der Waals surface area (Å²) in [5.74, 6) is 1.07. The predicted octanol–water partition coefficient (Wildman–Crippen LogP) is 3.21. The van der Waals surface area contributed by atoms with Crippen molar-refractivity contribution in [2.75, 3.05) is 5.75 Å². The maximum absolute atomic E-state index is 11.5. The van der Waals surface area contributed by atoms with Crippen molar-refractivity contribution in [3.8, 4) is 0 Å². The lowest BCUT2D eigenvalue weighted by Crippen LogP contribution is -2.12. The highest BCUT2D eigenvalue weighted by Crippen LogP contribution is 2.24. The Morgan fingerprint density at radius 3 is 2.94 bits per heavy atom. The Kier molecular flexibility index (Phi) is 5.19. The number of hydrogen-bond donors (Lipinski definition) is 0. The van der Waals surface area contributed by atoms with Gasteiger partial charge in [-0.2, -0.15) is 4.52 Å². The molecule has 0 aliphatic heterocycles. The minimum absolute atomic E-state index is 0.106. The summed E-state index contributed by atoms with van der Waals surface area (Å²) in [5.41, 5.74) is -0.106. The average Bonchev–Trinajstić information content (AvgIpc) is 2.78. The van der Waals surface area contributed by atoms with Crippen molar-refractivity contribution in [2.24, 2.45) is 0 Å². The fourth-order valence-electron chi connectivity index (χ4n) is 1.65. The van der Waals surface area contributed by atoms with Crippen LogP contribution >= 0.6 is 23.1 Å². The van der Waals surface area contributed by atoms with Crippen molar-refractivity contribution >= 4 is 28.1 Å². The summed E-state index contributed by atoms with van der Waals surface area (Å²) in [6.45, 7) is 2.22. The van der Waals surface area contributed by atoms with Gasteiger partial charge in [-0.25, -0.2) is 4.98 Å². The van der Waals surface area contributed by atoms with E-state index in [0.717, 1.165) is 10.1 Å². The monoisotopic (exact) mass is 283 g/mol. The largest absolute Gasteiger partial charge is 0.275 e. The average molecular weight is 283 g/mol. The maximum atomic E-state index is 11.5. The van der Waals surface area contributed by atoms with Crippen LogP contribution in [-0.4, -0.2) is 20.4 Å². The summed E-state index contributed by atoms with van der Waals surface area (Å²) in [4.78, 5) is 16.3. The van der Waals surface area contributed by atoms with E-state index in [1.54, 1.807) is 11.8 Å². The number of nitrogens with zero attached hydrogens (tertiary/aromatic N) is 3. The van der Waals surface area contributed by atoms with E-state index in [-0.39, 0.29) is 5.56 Å². The Hall–Kier alpha value is -0.880. The minimum atomic E-state index is -0.106. The van der Waals surface area contributed by atoms with E-state index in [1.165, 1.54) is 60.2 Å². The lowest BCUT2D eigenvalue weighted by Gasteiger charge is -1.97. The molecule has 0 N–H and O–H groups in total. The molecular weight excluding hydrogens is 266 g/mol. The molecule has 2 aromatic rings. The minimum Gasteiger partial charge on any atom is -0.267 e. The van der Waals surface area contributed by atoms with Crippen LogP contribution in [0.3, 0.4) is 0 Å². The molecule has 2 heterocycles. The Labute approximate surface area is 114 Å². The number of thioether (sulfide) groups is 1. The summed E-state index contributed by atoms with van der Waals surface area (Å²) in [5, 5.41) is 4.27.